The Hall–Kier alpha value is -3.53. The highest BCUT2D eigenvalue weighted by Crippen LogP contribution is 2.35. The smallest absolute Gasteiger partial charge is 0.266 e. The molecular formula is C27H21ClFN3O3S2. The van der Waals surface area contributed by atoms with Crippen molar-refractivity contribution < 1.29 is 12.8 Å². The minimum absolute atomic E-state index is 0.0386. The third-order valence-corrected chi connectivity index (χ3v) is 8.63. The molecule has 5 rings (SSSR count). The van der Waals surface area contributed by atoms with Gasteiger partial charge in [-0.2, -0.15) is 0 Å². The van der Waals surface area contributed by atoms with Crippen LogP contribution in [0.5, 0.6) is 0 Å². The van der Waals surface area contributed by atoms with E-state index in [4.69, 9.17) is 11.6 Å². The molecule has 188 valence electrons. The summed E-state index contributed by atoms with van der Waals surface area (Å²) < 4.78 is 44.7. The molecule has 0 saturated carbocycles. The number of sulfonamides is 1. The average Bonchev–Trinajstić information content (AvgIpc) is 3.30. The summed E-state index contributed by atoms with van der Waals surface area (Å²) in [6, 6.07) is 24.2. The van der Waals surface area contributed by atoms with Gasteiger partial charge in [-0.15, -0.1) is 0 Å². The lowest BCUT2D eigenvalue weighted by Crippen LogP contribution is -2.20. The zero-order chi connectivity index (χ0) is 26.2. The maximum absolute atomic E-state index is 14.4. The largest absolute Gasteiger partial charge is 0.323 e. The number of hydrogen-bond acceptors (Lipinski definition) is 5. The van der Waals surface area contributed by atoms with Crippen LogP contribution in [0.15, 0.2) is 94.6 Å². The third-order valence-electron chi connectivity index (χ3n) is 5.92. The Morgan fingerprint density at radius 1 is 1.00 bits per heavy atom. The number of nitrogens with one attached hydrogen (secondary N) is 1. The van der Waals surface area contributed by atoms with Gasteiger partial charge in [0.2, 0.25) is 5.43 Å². The summed E-state index contributed by atoms with van der Waals surface area (Å²) in [6.45, 7) is 1.96. The van der Waals surface area contributed by atoms with Gasteiger partial charge in [0.1, 0.15) is 21.1 Å². The SMILES string of the molecule is CCc1cc(=O)c2nc(NS(=O)(=O)c3ccc(Cl)cc3F)sc2n1C(c1ccccc1)c1ccccc1. The molecule has 6 nitrogen and oxygen atoms in total. The molecule has 0 aliphatic carbocycles. The van der Waals surface area contributed by atoms with Gasteiger partial charge in [0, 0.05) is 16.8 Å². The van der Waals surface area contributed by atoms with Gasteiger partial charge in [0.25, 0.3) is 10.0 Å². The average molecular weight is 554 g/mol. The Morgan fingerprint density at radius 3 is 2.19 bits per heavy atom. The molecule has 5 aromatic rings. The normalized spacial score (nSPS) is 11.8. The molecule has 0 fully saturated rings. The van der Waals surface area contributed by atoms with Crippen LogP contribution in [0.3, 0.4) is 0 Å². The van der Waals surface area contributed by atoms with Gasteiger partial charge in [0.05, 0.1) is 6.04 Å². The first-order valence-electron chi connectivity index (χ1n) is 11.4. The summed E-state index contributed by atoms with van der Waals surface area (Å²) >= 11 is 6.80. The predicted octanol–water partition coefficient (Wildman–Crippen LogP) is 6.25. The van der Waals surface area contributed by atoms with Crippen molar-refractivity contribution in [1.82, 2.24) is 9.55 Å². The standard InChI is InChI=1S/C27H21ClFN3O3S2/c1-2-20-16-22(33)24-26(32(20)25(17-9-5-3-6-10-17)18-11-7-4-8-12-18)36-27(30-24)31-37(34,35)23-14-13-19(28)15-21(23)29/h3-16,25H,2H2,1H3,(H,30,31). The van der Waals surface area contributed by atoms with E-state index in [9.17, 15) is 17.6 Å². The minimum Gasteiger partial charge on any atom is -0.323 e. The van der Waals surface area contributed by atoms with E-state index in [1.165, 1.54) is 12.1 Å². The first kappa shape index (κ1) is 25.1. The Balaban J connectivity index is 1.71. The highest BCUT2D eigenvalue weighted by molar-refractivity contribution is 7.93. The van der Waals surface area contributed by atoms with E-state index in [2.05, 4.69) is 9.71 Å². The number of rotatable bonds is 7. The lowest BCUT2D eigenvalue weighted by Gasteiger charge is -2.25. The number of nitrogens with zero attached hydrogens (tertiary/aromatic N) is 2. The summed E-state index contributed by atoms with van der Waals surface area (Å²) in [6.07, 6.45) is 0.566. The molecule has 0 aliphatic heterocycles. The maximum Gasteiger partial charge on any atom is 0.266 e. The molecule has 2 heterocycles. The zero-order valence-electron chi connectivity index (χ0n) is 19.6. The molecule has 3 aromatic carbocycles. The summed E-state index contributed by atoms with van der Waals surface area (Å²) in [7, 11) is -4.32. The topological polar surface area (TPSA) is 81.1 Å². The molecule has 0 radical (unpaired) electrons. The first-order chi connectivity index (χ1) is 17.8. The van der Waals surface area contributed by atoms with Crippen LogP contribution >= 0.6 is 22.9 Å². The van der Waals surface area contributed by atoms with E-state index in [1.54, 1.807) is 0 Å². The highest BCUT2D eigenvalue weighted by Gasteiger charge is 2.26. The number of aryl methyl sites for hydroxylation is 1. The minimum atomic E-state index is -4.32. The second-order valence-electron chi connectivity index (χ2n) is 8.30. The number of aromatic nitrogens is 2. The van der Waals surface area contributed by atoms with Crippen LogP contribution in [0, 0.1) is 5.82 Å². The molecule has 10 heteroatoms. The molecule has 0 spiro atoms. The van der Waals surface area contributed by atoms with Crippen LogP contribution in [0.1, 0.15) is 29.8 Å². The predicted molar refractivity (Wildman–Crippen MR) is 146 cm³/mol. The van der Waals surface area contributed by atoms with Gasteiger partial charge in [-0.25, -0.2) is 17.8 Å². The molecule has 0 atom stereocenters. The third kappa shape index (κ3) is 4.90. The van der Waals surface area contributed by atoms with E-state index in [0.717, 1.165) is 40.3 Å². The number of pyridine rings is 1. The summed E-state index contributed by atoms with van der Waals surface area (Å²) in [5.74, 6) is -0.984. The second-order valence-corrected chi connectivity index (χ2v) is 11.4. The lowest BCUT2D eigenvalue weighted by molar-refractivity contribution is 0.570. The molecule has 0 saturated heterocycles. The van der Waals surface area contributed by atoms with E-state index in [-0.39, 0.29) is 27.1 Å². The van der Waals surface area contributed by atoms with E-state index < -0.39 is 20.7 Å². The Labute approximate surface area is 222 Å². The van der Waals surface area contributed by atoms with Crippen LogP contribution in [-0.4, -0.2) is 18.0 Å². The van der Waals surface area contributed by atoms with Crippen molar-refractivity contribution in [3.63, 3.8) is 0 Å². The summed E-state index contributed by atoms with van der Waals surface area (Å²) in [5.41, 5.74) is 2.58. The quantitative estimate of drug-likeness (QED) is 0.258. The summed E-state index contributed by atoms with van der Waals surface area (Å²) in [4.78, 5) is 17.3. The highest BCUT2D eigenvalue weighted by atomic mass is 35.5. The van der Waals surface area contributed by atoms with Crippen molar-refractivity contribution >= 4 is 48.4 Å². The fourth-order valence-electron chi connectivity index (χ4n) is 4.28. The van der Waals surface area contributed by atoms with Crippen molar-refractivity contribution in [3.8, 4) is 0 Å². The Bertz CT molecular complexity index is 1720. The Morgan fingerprint density at radius 2 is 1.62 bits per heavy atom. The van der Waals surface area contributed by atoms with Gasteiger partial charge in [-0.05, 0) is 35.7 Å². The van der Waals surface area contributed by atoms with Crippen molar-refractivity contribution in [1.29, 1.82) is 0 Å². The van der Waals surface area contributed by atoms with Crippen molar-refractivity contribution in [2.24, 2.45) is 0 Å². The second kappa shape index (κ2) is 10.1. The number of fused-ring (bicyclic) bond motifs is 1. The molecule has 0 unspecified atom stereocenters. The van der Waals surface area contributed by atoms with E-state index >= 15 is 0 Å². The van der Waals surface area contributed by atoms with Gasteiger partial charge in [-0.1, -0.05) is 90.5 Å². The van der Waals surface area contributed by atoms with Gasteiger partial charge >= 0.3 is 0 Å². The number of halogens is 2. The zero-order valence-corrected chi connectivity index (χ0v) is 21.9. The van der Waals surface area contributed by atoms with Crippen LogP contribution in [0.25, 0.3) is 10.3 Å². The fourth-order valence-corrected chi connectivity index (χ4v) is 6.77. The number of hydrogen-bond donors (Lipinski definition) is 1. The monoisotopic (exact) mass is 553 g/mol. The maximum atomic E-state index is 14.4. The molecule has 0 aliphatic rings. The van der Waals surface area contributed by atoms with Crippen LogP contribution < -0.4 is 10.2 Å². The van der Waals surface area contributed by atoms with Gasteiger partial charge in [0.15, 0.2) is 5.13 Å². The van der Waals surface area contributed by atoms with Crippen molar-refractivity contribution in [2.75, 3.05) is 4.72 Å². The first-order valence-corrected chi connectivity index (χ1v) is 14.1. The van der Waals surface area contributed by atoms with Gasteiger partial charge in [-0.3, -0.25) is 9.52 Å². The number of benzene rings is 3. The number of anilines is 1. The lowest BCUT2D eigenvalue weighted by atomic mass is 9.97. The molecule has 0 amide bonds. The van der Waals surface area contributed by atoms with Gasteiger partial charge < -0.3 is 4.57 Å². The van der Waals surface area contributed by atoms with E-state index in [1.807, 2.05) is 72.2 Å². The molecular weight excluding hydrogens is 533 g/mol. The number of thiazole rings is 1. The molecule has 1 N–H and O–H groups in total. The molecule has 37 heavy (non-hydrogen) atoms. The van der Waals surface area contributed by atoms with Crippen molar-refractivity contribution in [3.05, 3.63) is 123 Å². The van der Waals surface area contributed by atoms with Crippen LogP contribution in [0.2, 0.25) is 5.02 Å². The molecule has 2 aromatic heterocycles. The summed E-state index contributed by atoms with van der Waals surface area (Å²) in [5, 5.41) is 0.0387. The molecule has 0 bridgehead atoms. The van der Waals surface area contributed by atoms with Crippen LogP contribution in [-0.2, 0) is 16.4 Å². The van der Waals surface area contributed by atoms with E-state index in [0.29, 0.717) is 11.3 Å². The Kier molecular flexibility index (Phi) is 6.85. The van der Waals surface area contributed by atoms with Crippen molar-refractivity contribution in [2.45, 2.75) is 24.3 Å². The van der Waals surface area contributed by atoms with Crippen LogP contribution in [0.4, 0.5) is 9.52 Å². The fraction of sp³-hybridized carbons (Fsp3) is 0.111.